The Balaban J connectivity index is 2.28. The van der Waals surface area contributed by atoms with Crippen LogP contribution in [-0.2, 0) is 9.47 Å². The van der Waals surface area contributed by atoms with Crippen LogP contribution in [0.5, 0.6) is 0 Å². The second kappa shape index (κ2) is 4.60. The fourth-order valence-electron chi connectivity index (χ4n) is 2.02. The van der Waals surface area contributed by atoms with Gasteiger partial charge in [0, 0.05) is 32.2 Å². The highest BCUT2D eigenvalue weighted by Crippen LogP contribution is 2.42. The van der Waals surface area contributed by atoms with Gasteiger partial charge in [-0.3, -0.25) is 0 Å². The number of nitrogens with one attached hydrogen (secondary N) is 1. The van der Waals surface area contributed by atoms with Crippen molar-refractivity contribution in [2.24, 2.45) is 5.41 Å². The van der Waals surface area contributed by atoms with Crippen LogP contribution in [0.25, 0.3) is 0 Å². The van der Waals surface area contributed by atoms with Crippen molar-refractivity contribution < 1.29 is 9.47 Å². The van der Waals surface area contributed by atoms with Gasteiger partial charge in [0.1, 0.15) is 0 Å². The summed E-state index contributed by atoms with van der Waals surface area (Å²) in [7, 11) is 3.54. The molecular weight excluding hydrogens is 178 g/mol. The van der Waals surface area contributed by atoms with Crippen molar-refractivity contribution in [2.45, 2.75) is 45.4 Å². The molecule has 1 fully saturated rings. The summed E-state index contributed by atoms with van der Waals surface area (Å²) in [6, 6.07) is 0.560. The summed E-state index contributed by atoms with van der Waals surface area (Å²) in [5.41, 5.74) is 0.252. The first-order valence-electron chi connectivity index (χ1n) is 5.31. The summed E-state index contributed by atoms with van der Waals surface area (Å²) in [5, 5.41) is 3.52. The van der Waals surface area contributed by atoms with Gasteiger partial charge in [-0.15, -0.1) is 0 Å². The second-order valence-electron chi connectivity index (χ2n) is 4.79. The quantitative estimate of drug-likeness (QED) is 0.730. The van der Waals surface area contributed by atoms with Crippen molar-refractivity contribution in [1.29, 1.82) is 0 Å². The van der Waals surface area contributed by atoms with Crippen molar-refractivity contribution in [2.75, 3.05) is 20.8 Å². The first-order valence-corrected chi connectivity index (χ1v) is 5.31. The third-order valence-electron chi connectivity index (χ3n) is 3.52. The molecule has 1 aliphatic carbocycles. The molecule has 1 aliphatic rings. The molecule has 0 radical (unpaired) electrons. The van der Waals surface area contributed by atoms with Crippen molar-refractivity contribution in [3.8, 4) is 0 Å². The lowest BCUT2D eigenvalue weighted by atomic mass is 9.64. The minimum Gasteiger partial charge on any atom is -0.381 e. The highest BCUT2D eigenvalue weighted by Gasteiger charge is 2.48. The van der Waals surface area contributed by atoms with Crippen LogP contribution in [0, 0.1) is 5.41 Å². The molecule has 3 nitrogen and oxygen atoms in total. The van der Waals surface area contributed by atoms with Gasteiger partial charge in [0.15, 0.2) is 0 Å². The molecule has 0 saturated heterocycles. The zero-order valence-corrected chi connectivity index (χ0v) is 9.96. The normalized spacial score (nSPS) is 32.4. The zero-order chi connectivity index (χ0) is 10.8. The van der Waals surface area contributed by atoms with E-state index in [4.69, 9.17) is 9.47 Å². The molecule has 3 atom stereocenters. The third-order valence-corrected chi connectivity index (χ3v) is 3.52. The van der Waals surface area contributed by atoms with Crippen LogP contribution in [0.4, 0.5) is 0 Å². The molecule has 0 aliphatic heterocycles. The average molecular weight is 201 g/mol. The van der Waals surface area contributed by atoms with Gasteiger partial charge in [0.2, 0.25) is 0 Å². The van der Waals surface area contributed by atoms with Gasteiger partial charge in [-0.1, -0.05) is 13.8 Å². The number of hydrogen-bond donors (Lipinski definition) is 1. The highest BCUT2D eigenvalue weighted by atomic mass is 16.5. The van der Waals surface area contributed by atoms with E-state index in [1.807, 2.05) is 0 Å². The van der Waals surface area contributed by atoms with Crippen LogP contribution in [0.1, 0.15) is 27.2 Å². The van der Waals surface area contributed by atoms with Gasteiger partial charge in [-0.05, 0) is 13.3 Å². The van der Waals surface area contributed by atoms with Gasteiger partial charge in [-0.2, -0.15) is 0 Å². The maximum atomic E-state index is 5.39. The van der Waals surface area contributed by atoms with Crippen molar-refractivity contribution in [3.05, 3.63) is 0 Å². The number of hydrogen-bond acceptors (Lipinski definition) is 3. The lowest BCUT2D eigenvalue weighted by Gasteiger charge is -2.51. The van der Waals surface area contributed by atoms with Crippen molar-refractivity contribution >= 4 is 0 Å². The van der Waals surface area contributed by atoms with E-state index in [1.165, 1.54) is 0 Å². The van der Waals surface area contributed by atoms with E-state index in [-0.39, 0.29) is 11.5 Å². The Bertz CT molecular complexity index is 182. The summed E-state index contributed by atoms with van der Waals surface area (Å²) >= 11 is 0. The lowest BCUT2D eigenvalue weighted by Crippen LogP contribution is -2.61. The van der Waals surface area contributed by atoms with Gasteiger partial charge in [-0.25, -0.2) is 0 Å². The van der Waals surface area contributed by atoms with E-state index in [2.05, 4.69) is 26.1 Å². The Morgan fingerprint density at radius 2 is 2.07 bits per heavy atom. The first kappa shape index (κ1) is 12.0. The van der Waals surface area contributed by atoms with Gasteiger partial charge in [0.05, 0.1) is 12.2 Å². The van der Waals surface area contributed by atoms with E-state index < -0.39 is 0 Å². The van der Waals surface area contributed by atoms with Crippen LogP contribution in [0.3, 0.4) is 0 Å². The van der Waals surface area contributed by atoms with Crippen LogP contribution in [-0.4, -0.2) is 39.0 Å². The largest absolute Gasteiger partial charge is 0.381 e. The SMILES string of the molecule is COC(C)CNC1CC(OC)C1(C)C. The first-order chi connectivity index (χ1) is 6.52. The number of rotatable bonds is 5. The maximum absolute atomic E-state index is 5.39. The van der Waals surface area contributed by atoms with Crippen molar-refractivity contribution in [3.63, 3.8) is 0 Å². The van der Waals surface area contributed by atoms with E-state index in [9.17, 15) is 0 Å². The molecule has 3 unspecified atom stereocenters. The predicted molar refractivity (Wildman–Crippen MR) is 57.5 cm³/mol. The molecule has 3 heteroatoms. The maximum Gasteiger partial charge on any atom is 0.0667 e. The van der Waals surface area contributed by atoms with Crippen LogP contribution in [0.15, 0.2) is 0 Å². The molecule has 0 bridgehead atoms. The predicted octanol–water partition coefficient (Wildman–Crippen LogP) is 1.42. The lowest BCUT2D eigenvalue weighted by molar-refractivity contribution is -0.0994. The Labute approximate surface area is 87.2 Å². The van der Waals surface area contributed by atoms with E-state index >= 15 is 0 Å². The number of ether oxygens (including phenoxy) is 2. The highest BCUT2D eigenvalue weighted by molar-refractivity contribution is 5.02. The molecule has 0 aromatic rings. The molecule has 1 N–H and O–H groups in total. The van der Waals surface area contributed by atoms with E-state index in [1.54, 1.807) is 14.2 Å². The zero-order valence-electron chi connectivity index (χ0n) is 9.96. The molecular formula is C11H23NO2. The molecule has 0 heterocycles. The molecule has 1 rings (SSSR count). The Kier molecular flexibility index (Phi) is 3.93. The Hall–Kier alpha value is -0.120. The van der Waals surface area contributed by atoms with Gasteiger partial charge in [0.25, 0.3) is 0 Å². The molecule has 0 aromatic carbocycles. The standard InChI is InChI=1S/C11H23NO2/c1-8(13-4)7-12-9-6-10(14-5)11(9,2)3/h8-10,12H,6-7H2,1-5H3. The minimum atomic E-state index is 0.252. The second-order valence-corrected chi connectivity index (χ2v) is 4.79. The molecule has 0 amide bonds. The average Bonchev–Trinajstić information content (AvgIpc) is 2.16. The van der Waals surface area contributed by atoms with Crippen LogP contribution in [0.2, 0.25) is 0 Å². The fourth-order valence-corrected chi connectivity index (χ4v) is 2.02. The molecule has 14 heavy (non-hydrogen) atoms. The summed E-state index contributed by atoms with van der Waals surface area (Å²) in [4.78, 5) is 0. The van der Waals surface area contributed by atoms with Gasteiger partial charge < -0.3 is 14.8 Å². The molecule has 0 aromatic heterocycles. The molecule has 0 spiro atoms. The minimum absolute atomic E-state index is 0.252. The van der Waals surface area contributed by atoms with E-state index in [0.717, 1.165) is 13.0 Å². The Morgan fingerprint density at radius 1 is 1.43 bits per heavy atom. The summed E-state index contributed by atoms with van der Waals surface area (Å²) in [5.74, 6) is 0. The molecule has 84 valence electrons. The summed E-state index contributed by atoms with van der Waals surface area (Å²) in [6.07, 6.45) is 1.80. The van der Waals surface area contributed by atoms with Crippen molar-refractivity contribution in [1.82, 2.24) is 5.32 Å². The fraction of sp³-hybridized carbons (Fsp3) is 1.00. The third kappa shape index (κ3) is 2.27. The topological polar surface area (TPSA) is 30.5 Å². The van der Waals surface area contributed by atoms with Crippen LogP contribution < -0.4 is 5.32 Å². The monoisotopic (exact) mass is 201 g/mol. The molecule has 1 saturated carbocycles. The smallest absolute Gasteiger partial charge is 0.0667 e. The Morgan fingerprint density at radius 3 is 2.50 bits per heavy atom. The van der Waals surface area contributed by atoms with E-state index in [0.29, 0.717) is 12.1 Å². The summed E-state index contributed by atoms with van der Waals surface area (Å²) < 4.78 is 10.6. The summed E-state index contributed by atoms with van der Waals surface area (Å²) in [6.45, 7) is 7.49. The number of methoxy groups -OCH3 is 2. The van der Waals surface area contributed by atoms with Crippen LogP contribution >= 0.6 is 0 Å². The van der Waals surface area contributed by atoms with Gasteiger partial charge >= 0.3 is 0 Å².